The summed E-state index contributed by atoms with van der Waals surface area (Å²) in [5.41, 5.74) is 0.527. The fraction of sp³-hybridized carbons (Fsp3) is 0.579. The highest BCUT2D eigenvalue weighted by Crippen LogP contribution is 2.36. The molecular formula is C19H23F3N4O3. The molecule has 0 saturated carbocycles. The summed E-state index contributed by atoms with van der Waals surface area (Å²) in [6.45, 7) is 2.58. The number of alkyl halides is 3. The molecule has 2 aliphatic rings. The molecule has 2 unspecified atom stereocenters. The van der Waals surface area contributed by atoms with Gasteiger partial charge in [0.25, 0.3) is 0 Å². The molecular weight excluding hydrogens is 389 g/mol. The predicted octanol–water partition coefficient (Wildman–Crippen LogP) is 2.84. The fourth-order valence-corrected chi connectivity index (χ4v) is 4.10. The number of aliphatic hydroxyl groups is 1. The number of aliphatic hydroxyl groups excluding tert-OH is 1. The Balaban J connectivity index is 1.49. The Morgan fingerprint density at radius 3 is 2.52 bits per heavy atom. The van der Waals surface area contributed by atoms with Crippen LogP contribution in [0.2, 0.25) is 0 Å². The number of piperidine rings is 1. The molecule has 0 radical (unpaired) electrons. The van der Waals surface area contributed by atoms with Crippen LogP contribution < -0.4 is 4.74 Å². The maximum Gasteiger partial charge on any atom is 0.573 e. The number of hydrogen-bond donors (Lipinski definition) is 1. The van der Waals surface area contributed by atoms with Crippen LogP contribution in [0, 0.1) is 0 Å². The first-order chi connectivity index (χ1) is 13.8. The highest BCUT2D eigenvalue weighted by Gasteiger charge is 2.40. The standard InChI is InChI=1S/C19H23F3N4O3/c1-25-8-6-13(7-9-25)26-11-14(27)10-16(26)18-23-17(24-29-18)12-2-4-15(5-3-12)28-19(20,21)22/h2-5,13-14,16,27H,6-11H2,1H3. The minimum Gasteiger partial charge on any atom is -0.406 e. The van der Waals surface area contributed by atoms with Crippen molar-refractivity contribution >= 4 is 0 Å². The smallest absolute Gasteiger partial charge is 0.406 e. The summed E-state index contributed by atoms with van der Waals surface area (Å²) in [4.78, 5) is 8.99. The average molecular weight is 412 g/mol. The largest absolute Gasteiger partial charge is 0.573 e. The van der Waals surface area contributed by atoms with Crippen molar-refractivity contribution in [1.29, 1.82) is 0 Å². The van der Waals surface area contributed by atoms with E-state index in [0.717, 1.165) is 25.9 Å². The second-order valence-electron chi connectivity index (χ2n) is 7.66. The molecule has 1 aromatic carbocycles. The molecule has 0 bridgehead atoms. The number of β-amino-alcohol motifs (C(OH)–C–C–N with tert-alkyl or cyclic N) is 1. The van der Waals surface area contributed by atoms with Crippen molar-refractivity contribution in [1.82, 2.24) is 19.9 Å². The van der Waals surface area contributed by atoms with Gasteiger partial charge in [-0.2, -0.15) is 4.98 Å². The summed E-state index contributed by atoms with van der Waals surface area (Å²) in [5, 5.41) is 14.2. The zero-order chi connectivity index (χ0) is 20.6. The fourth-order valence-electron chi connectivity index (χ4n) is 4.10. The first-order valence-electron chi connectivity index (χ1n) is 9.60. The third kappa shape index (κ3) is 4.71. The van der Waals surface area contributed by atoms with Gasteiger partial charge in [-0.05, 0) is 63.7 Å². The molecule has 0 spiro atoms. The van der Waals surface area contributed by atoms with Crippen molar-refractivity contribution in [2.24, 2.45) is 0 Å². The number of aromatic nitrogens is 2. The first kappa shape index (κ1) is 20.1. The number of nitrogens with zero attached hydrogens (tertiary/aromatic N) is 4. The molecule has 29 heavy (non-hydrogen) atoms. The zero-order valence-electron chi connectivity index (χ0n) is 16.0. The van der Waals surface area contributed by atoms with Crippen LogP contribution in [-0.4, -0.2) is 70.2 Å². The quantitative estimate of drug-likeness (QED) is 0.828. The normalized spacial score (nSPS) is 24.9. The number of hydrogen-bond acceptors (Lipinski definition) is 7. The molecule has 2 aliphatic heterocycles. The third-order valence-corrected chi connectivity index (χ3v) is 5.55. The maximum absolute atomic E-state index is 12.3. The van der Waals surface area contributed by atoms with Gasteiger partial charge in [-0.3, -0.25) is 4.90 Å². The molecule has 158 valence electrons. The Bertz CT molecular complexity index is 819. The van der Waals surface area contributed by atoms with Gasteiger partial charge in [-0.1, -0.05) is 5.16 Å². The predicted molar refractivity (Wildman–Crippen MR) is 97.0 cm³/mol. The van der Waals surface area contributed by atoms with Gasteiger partial charge in [-0.25, -0.2) is 0 Å². The Kier molecular flexibility index (Phi) is 5.50. The van der Waals surface area contributed by atoms with Gasteiger partial charge < -0.3 is 19.3 Å². The van der Waals surface area contributed by atoms with E-state index in [9.17, 15) is 18.3 Å². The molecule has 10 heteroatoms. The Labute approximate surface area is 166 Å². The van der Waals surface area contributed by atoms with Crippen LogP contribution in [-0.2, 0) is 0 Å². The van der Waals surface area contributed by atoms with Crippen LogP contribution in [0.4, 0.5) is 13.2 Å². The van der Waals surface area contributed by atoms with Gasteiger partial charge >= 0.3 is 6.36 Å². The lowest BCUT2D eigenvalue weighted by molar-refractivity contribution is -0.274. The van der Waals surface area contributed by atoms with Gasteiger partial charge in [0.1, 0.15) is 5.75 Å². The summed E-state index contributed by atoms with van der Waals surface area (Å²) < 4.78 is 46.2. The third-order valence-electron chi connectivity index (χ3n) is 5.55. The molecule has 2 aromatic rings. The van der Waals surface area contributed by atoms with Gasteiger partial charge in [0.2, 0.25) is 11.7 Å². The van der Waals surface area contributed by atoms with Crippen molar-refractivity contribution in [2.75, 3.05) is 26.7 Å². The lowest BCUT2D eigenvalue weighted by Gasteiger charge is -2.37. The minimum absolute atomic E-state index is 0.160. The summed E-state index contributed by atoms with van der Waals surface area (Å²) >= 11 is 0. The second kappa shape index (κ2) is 7.92. The number of benzene rings is 1. The van der Waals surface area contributed by atoms with E-state index in [4.69, 9.17) is 4.52 Å². The van der Waals surface area contributed by atoms with Crippen molar-refractivity contribution in [3.05, 3.63) is 30.2 Å². The highest BCUT2D eigenvalue weighted by atomic mass is 19.4. The van der Waals surface area contributed by atoms with E-state index in [1.807, 2.05) is 0 Å². The average Bonchev–Trinajstić information content (AvgIpc) is 3.28. The van der Waals surface area contributed by atoms with Crippen LogP contribution in [0.1, 0.15) is 31.2 Å². The number of rotatable bonds is 4. The maximum atomic E-state index is 12.3. The summed E-state index contributed by atoms with van der Waals surface area (Å²) in [7, 11) is 2.10. The molecule has 7 nitrogen and oxygen atoms in total. The molecule has 0 amide bonds. The molecule has 4 rings (SSSR count). The lowest BCUT2D eigenvalue weighted by Crippen LogP contribution is -2.43. The topological polar surface area (TPSA) is 74.9 Å². The Morgan fingerprint density at radius 1 is 1.17 bits per heavy atom. The molecule has 2 saturated heterocycles. The van der Waals surface area contributed by atoms with Crippen LogP contribution >= 0.6 is 0 Å². The van der Waals surface area contributed by atoms with Gasteiger partial charge in [0.15, 0.2) is 0 Å². The van der Waals surface area contributed by atoms with Gasteiger partial charge in [-0.15, -0.1) is 13.2 Å². The zero-order valence-corrected chi connectivity index (χ0v) is 16.0. The summed E-state index contributed by atoms with van der Waals surface area (Å²) in [6, 6.07) is 5.52. The van der Waals surface area contributed by atoms with E-state index in [1.54, 1.807) is 0 Å². The van der Waals surface area contributed by atoms with E-state index < -0.39 is 12.5 Å². The molecule has 2 atom stereocenters. The molecule has 3 heterocycles. The van der Waals surface area contributed by atoms with Crippen LogP contribution in [0.5, 0.6) is 5.75 Å². The second-order valence-corrected chi connectivity index (χ2v) is 7.66. The minimum atomic E-state index is -4.73. The van der Waals surface area contributed by atoms with Crippen LogP contribution in [0.15, 0.2) is 28.8 Å². The number of ether oxygens (including phenoxy) is 1. The molecule has 0 aliphatic carbocycles. The van der Waals surface area contributed by atoms with Crippen molar-refractivity contribution in [3.8, 4) is 17.1 Å². The van der Waals surface area contributed by atoms with Crippen LogP contribution in [0.25, 0.3) is 11.4 Å². The van der Waals surface area contributed by atoms with E-state index >= 15 is 0 Å². The monoisotopic (exact) mass is 412 g/mol. The van der Waals surface area contributed by atoms with Crippen LogP contribution in [0.3, 0.4) is 0 Å². The lowest BCUT2D eigenvalue weighted by atomic mass is 10.0. The highest BCUT2D eigenvalue weighted by molar-refractivity contribution is 5.55. The van der Waals surface area contributed by atoms with Gasteiger partial charge in [0, 0.05) is 18.2 Å². The Morgan fingerprint density at radius 2 is 1.86 bits per heavy atom. The Hall–Kier alpha value is -2.17. The van der Waals surface area contributed by atoms with E-state index in [2.05, 4.69) is 31.7 Å². The molecule has 2 fully saturated rings. The van der Waals surface area contributed by atoms with E-state index in [-0.39, 0.29) is 11.8 Å². The SMILES string of the molecule is CN1CCC(N2CC(O)CC2c2nc(-c3ccc(OC(F)(F)F)cc3)no2)CC1. The van der Waals surface area contributed by atoms with Crippen molar-refractivity contribution in [3.63, 3.8) is 0 Å². The van der Waals surface area contributed by atoms with E-state index in [1.165, 1.54) is 24.3 Å². The number of likely N-dealkylation sites (tertiary alicyclic amines) is 2. The molecule has 1 N–H and O–H groups in total. The van der Waals surface area contributed by atoms with Crippen molar-refractivity contribution < 1.29 is 27.5 Å². The first-order valence-corrected chi connectivity index (χ1v) is 9.60. The molecule has 1 aromatic heterocycles. The van der Waals surface area contributed by atoms with Crippen molar-refractivity contribution in [2.45, 2.75) is 43.8 Å². The summed E-state index contributed by atoms with van der Waals surface area (Å²) in [6.07, 6.45) is -2.63. The van der Waals surface area contributed by atoms with E-state index in [0.29, 0.717) is 36.3 Å². The number of halogens is 3. The summed E-state index contributed by atoms with van der Waals surface area (Å²) in [5.74, 6) is 0.409. The van der Waals surface area contributed by atoms with Gasteiger partial charge in [0.05, 0.1) is 12.1 Å².